The number of carbonyl (C=O) groups is 2. The van der Waals surface area contributed by atoms with Crippen molar-refractivity contribution in [1.82, 2.24) is 10.3 Å². The van der Waals surface area contributed by atoms with Crippen LogP contribution in [0.2, 0.25) is 0 Å². The first kappa shape index (κ1) is 16.2. The quantitative estimate of drug-likeness (QED) is 0.844. The fourth-order valence-corrected chi connectivity index (χ4v) is 2.08. The first-order valence-electron chi connectivity index (χ1n) is 6.92. The minimum atomic E-state index is -0.846. The number of rotatable bonds is 5. The Morgan fingerprint density at radius 1 is 1.35 bits per heavy atom. The van der Waals surface area contributed by atoms with Gasteiger partial charge in [-0.2, -0.15) is 5.26 Å². The molecule has 2 rings (SSSR count). The molecule has 0 fully saturated rings. The summed E-state index contributed by atoms with van der Waals surface area (Å²) in [7, 11) is 1.26. The van der Waals surface area contributed by atoms with E-state index in [-0.39, 0.29) is 6.42 Å². The van der Waals surface area contributed by atoms with Crippen LogP contribution in [0.15, 0.2) is 48.8 Å². The molecule has 0 radical (unpaired) electrons. The Labute approximate surface area is 133 Å². The van der Waals surface area contributed by atoms with Gasteiger partial charge >= 0.3 is 5.97 Å². The van der Waals surface area contributed by atoms with Gasteiger partial charge in [0.05, 0.1) is 24.3 Å². The molecule has 1 atom stereocenters. The van der Waals surface area contributed by atoms with E-state index >= 15 is 0 Å². The van der Waals surface area contributed by atoms with Crippen molar-refractivity contribution >= 4 is 11.9 Å². The van der Waals surface area contributed by atoms with Crippen molar-refractivity contribution in [2.24, 2.45) is 0 Å². The second-order valence-corrected chi connectivity index (χ2v) is 4.81. The molecule has 1 N–H and O–H groups in total. The normalized spacial score (nSPS) is 11.1. The first-order valence-corrected chi connectivity index (χ1v) is 6.92. The van der Waals surface area contributed by atoms with Gasteiger partial charge < -0.3 is 10.1 Å². The van der Waals surface area contributed by atoms with E-state index in [4.69, 9.17) is 10.00 Å². The molecule has 1 amide bonds. The van der Waals surface area contributed by atoms with E-state index in [0.29, 0.717) is 11.1 Å². The maximum atomic E-state index is 12.2. The summed E-state index contributed by atoms with van der Waals surface area (Å²) < 4.78 is 4.74. The smallest absolute Gasteiger partial charge is 0.328 e. The highest BCUT2D eigenvalue weighted by Crippen LogP contribution is 2.09. The molecule has 1 aromatic heterocycles. The van der Waals surface area contributed by atoms with Gasteiger partial charge in [-0.25, -0.2) is 4.79 Å². The van der Waals surface area contributed by atoms with Gasteiger partial charge in [0.1, 0.15) is 6.04 Å². The number of ether oxygens (including phenoxy) is 1. The third kappa shape index (κ3) is 4.38. The molecular formula is C17H15N3O3. The van der Waals surface area contributed by atoms with Gasteiger partial charge in [-0.15, -0.1) is 0 Å². The number of amides is 1. The van der Waals surface area contributed by atoms with E-state index in [9.17, 15) is 9.59 Å². The standard InChI is InChI=1S/C17H15N3O3/c1-23-17(22)15(9-12-4-2-5-13(8-12)10-18)20-16(21)14-6-3-7-19-11-14/h2-8,11,15H,9H2,1H3,(H,20,21)/t15-/m0/s1. The monoisotopic (exact) mass is 309 g/mol. The molecule has 0 saturated heterocycles. The Morgan fingerprint density at radius 3 is 2.83 bits per heavy atom. The largest absolute Gasteiger partial charge is 0.467 e. The van der Waals surface area contributed by atoms with E-state index in [1.54, 1.807) is 42.6 Å². The van der Waals surface area contributed by atoms with Crippen LogP contribution in [0.3, 0.4) is 0 Å². The van der Waals surface area contributed by atoms with Crippen LogP contribution in [0.4, 0.5) is 0 Å². The maximum absolute atomic E-state index is 12.2. The molecule has 0 spiro atoms. The van der Waals surface area contributed by atoms with Crippen molar-refractivity contribution in [2.75, 3.05) is 7.11 Å². The predicted molar refractivity (Wildman–Crippen MR) is 82.4 cm³/mol. The number of pyridine rings is 1. The summed E-state index contributed by atoms with van der Waals surface area (Å²) in [5, 5.41) is 11.6. The summed E-state index contributed by atoms with van der Waals surface area (Å²) in [4.78, 5) is 28.0. The summed E-state index contributed by atoms with van der Waals surface area (Å²) in [6, 6.07) is 11.3. The molecule has 2 aromatic rings. The van der Waals surface area contributed by atoms with Gasteiger partial charge in [0, 0.05) is 18.8 Å². The molecule has 116 valence electrons. The zero-order valence-electron chi connectivity index (χ0n) is 12.5. The molecule has 0 aliphatic rings. The predicted octanol–water partition coefficient (Wildman–Crippen LogP) is 1.47. The summed E-state index contributed by atoms with van der Waals surface area (Å²) in [5.41, 5.74) is 1.60. The van der Waals surface area contributed by atoms with Crippen LogP contribution in [0.5, 0.6) is 0 Å². The third-order valence-corrected chi connectivity index (χ3v) is 3.21. The Kier molecular flexibility index (Phi) is 5.42. The van der Waals surface area contributed by atoms with Crippen LogP contribution >= 0.6 is 0 Å². The van der Waals surface area contributed by atoms with Gasteiger partial charge in [-0.05, 0) is 29.8 Å². The lowest BCUT2D eigenvalue weighted by molar-refractivity contribution is -0.142. The lowest BCUT2D eigenvalue weighted by Crippen LogP contribution is -2.43. The van der Waals surface area contributed by atoms with Crippen molar-refractivity contribution in [2.45, 2.75) is 12.5 Å². The van der Waals surface area contributed by atoms with Gasteiger partial charge in [-0.3, -0.25) is 9.78 Å². The zero-order valence-corrected chi connectivity index (χ0v) is 12.5. The Hall–Kier alpha value is -3.20. The average molecular weight is 309 g/mol. The third-order valence-electron chi connectivity index (χ3n) is 3.21. The first-order chi connectivity index (χ1) is 11.1. The number of benzene rings is 1. The highest BCUT2D eigenvalue weighted by atomic mass is 16.5. The van der Waals surface area contributed by atoms with Crippen molar-refractivity contribution in [3.05, 3.63) is 65.5 Å². The number of aromatic nitrogens is 1. The molecule has 0 unspecified atom stereocenters. The van der Waals surface area contributed by atoms with E-state index in [2.05, 4.69) is 10.3 Å². The van der Waals surface area contributed by atoms with Crippen molar-refractivity contribution in [3.8, 4) is 6.07 Å². The van der Waals surface area contributed by atoms with E-state index in [0.717, 1.165) is 5.56 Å². The minimum absolute atomic E-state index is 0.230. The topological polar surface area (TPSA) is 92.1 Å². The number of nitrogens with zero attached hydrogens (tertiary/aromatic N) is 2. The highest BCUT2D eigenvalue weighted by Gasteiger charge is 2.22. The van der Waals surface area contributed by atoms with E-state index in [1.807, 2.05) is 6.07 Å². The molecule has 0 aliphatic carbocycles. The lowest BCUT2D eigenvalue weighted by Gasteiger charge is -2.16. The van der Waals surface area contributed by atoms with Crippen molar-refractivity contribution in [3.63, 3.8) is 0 Å². The average Bonchev–Trinajstić information content (AvgIpc) is 2.61. The van der Waals surface area contributed by atoms with Crippen LogP contribution in [0.1, 0.15) is 21.5 Å². The number of nitrogens with one attached hydrogen (secondary N) is 1. The Balaban J connectivity index is 2.16. The second kappa shape index (κ2) is 7.71. The van der Waals surface area contributed by atoms with Gasteiger partial charge in [0.2, 0.25) is 0 Å². The van der Waals surface area contributed by atoms with Crippen LogP contribution < -0.4 is 5.32 Å². The number of carbonyl (C=O) groups excluding carboxylic acids is 2. The zero-order chi connectivity index (χ0) is 16.7. The SMILES string of the molecule is COC(=O)[C@H](Cc1cccc(C#N)c1)NC(=O)c1cccnc1. The van der Waals surface area contributed by atoms with Gasteiger partial charge in [0.25, 0.3) is 5.91 Å². The highest BCUT2D eigenvalue weighted by molar-refractivity contribution is 5.96. The van der Waals surface area contributed by atoms with Crippen LogP contribution in [0, 0.1) is 11.3 Å². The Morgan fingerprint density at radius 2 is 2.17 bits per heavy atom. The molecule has 0 aliphatic heterocycles. The molecule has 0 bridgehead atoms. The van der Waals surface area contributed by atoms with Gasteiger partial charge in [-0.1, -0.05) is 12.1 Å². The van der Waals surface area contributed by atoms with Gasteiger partial charge in [0.15, 0.2) is 0 Å². The lowest BCUT2D eigenvalue weighted by atomic mass is 10.0. The van der Waals surface area contributed by atoms with Crippen LogP contribution in [-0.2, 0) is 16.0 Å². The second-order valence-electron chi connectivity index (χ2n) is 4.81. The van der Waals surface area contributed by atoms with Crippen molar-refractivity contribution in [1.29, 1.82) is 5.26 Å². The van der Waals surface area contributed by atoms with E-state index < -0.39 is 17.9 Å². The van der Waals surface area contributed by atoms with Crippen LogP contribution in [0.25, 0.3) is 0 Å². The van der Waals surface area contributed by atoms with Crippen molar-refractivity contribution < 1.29 is 14.3 Å². The molecule has 1 aromatic carbocycles. The molecule has 6 nitrogen and oxygen atoms in total. The molecular weight excluding hydrogens is 294 g/mol. The number of methoxy groups -OCH3 is 1. The molecule has 0 saturated carbocycles. The summed E-state index contributed by atoms with van der Waals surface area (Å²) >= 11 is 0. The number of esters is 1. The maximum Gasteiger partial charge on any atom is 0.328 e. The number of hydrogen-bond donors (Lipinski definition) is 1. The molecule has 6 heteroatoms. The van der Waals surface area contributed by atoms with Crippen LogP contribution in [-0.4, -0.2) is 30.0 Å². The van der Waals surface area contributed by atoms with E-state index in [1.165, 1.54) is 13.3 Å². The summed E-state index contributed by atoms with van der Waals surface area (Å²) in [5.74, 6) is -0.963. The Bertz CT molecular complexity index is 738. The summed E-state index contributed by atoms with van der Waals surface area (Å²) in [6.45, 7) is 0. The molecule has 1 heterocycles. The fraction of sp³-hybridized carbons (Fsp3) is 0.176. The number of nitriles is 1. The molecule has 23 heavy (non-hydrogen) atoms. The summed E-state index contributed by atoms with van der Waals surface area (Å²) in [6.07, 6.45) is 3.20. The minimum Gasteiger partial charge on any atom is -0.467 e. The fourth-order valence-electron chi connectivity index (χ4n) is 2.08. The number of hydrogen-bond acceptors (Lipinski definition) is 5.